The number of ether oxygens (including phenoxy) is 3. The third-order valence-corrected chi connectivity index (χ3v) is 7.53. The highest BCUT2D eigenvalue weighted by molar-refractivity contribution is 7.17. The average Bonchev–Trinajstić information content (AvgIpc) is 3.51. The SMILES string of the molecule is COc1cccc(CNC(=O)c2ccc(-c3ccnc(Nc4ccc(OCCCN5CCOCC5)cc4)n3)s2)c1. The van der Waals surface area contributed by atoms with Gasteiger partial charge < -0.3 is 24.8 Å². The second-order valence-electron chi connectivity index (χ2n) is 9.27. The molecular weight excluding hydrogens is 526 g/mol. The van der Waals surface area contributed by atoms with Crippen molar-refractivity contribution in [3.8, 4) is 22.1 Å². The van der Waals surface area contributed by atoms with Crippen molar-refractivity contribution in [3.05, 3.63) is 83.4 Å². The van der Waals surface area contributed by atoms with Gasteiger partial charge in [-0.3, -0.25) is 9.69 Å². The molecule has 208 valence electrons. The van der Waals surface area contributed by atoms with Crippen LogP contribution in [0.4, 0.5) is 11.6 Å². The Morgan fingerprint density at radius 1 is 1.05 bits per heavy atom. The van der Waals surface area contributed by atoms with Crippen LogP contribution in [0.1, 0.15) is 21.7 Å². The van der Waals surface area contributed by atoms with Gasteiger partial charge in [-0.05, 0) is 66.6 Å². The summed E-state index contributed by atoms with van der Waals surface area (Å²) in [5.41, 5.74) is 2.58. The lowest BCUT2D eigenvalue weighted by molar-refractivity contribution is 0.0358. The first-order valence-corrected chi connectivity index (χ1v) is 14.1. The van der Waals surface area contributed by atoms with Crippen molar-refractivity contribution in [2.24, 2.45) is 0 Å². The zero-order valence-corrected chi connectivity index (χ0v) is 23.3. The summed E-state index contributed by atoms with van der Waals surface area (Å²) in [5, 5.41) is 6.21. The van der Waals surface area contributed by atoms with Gasteiger partial charge in [-0.1, -0.05) is 12.1 Å². The molecule has 0 atom stereocenters. The Morgan fingerprint density at radius 3 is 2.73 bits per heavy atom. The summed E-state index contributed by atoms with van der Waals surface area (Å²) >= 11 is 1.39. The normalized spacial score (nSPS) is 13.5. The smallest absolute Gasteiger partial charge is 0.261 e. The molecule has 1 aliphatic heterocycles. The number of thiophene rings is 1. The summed E-state index contributed by atoms with van der Waals surface area (Å²) in [5.74, 6) is 1.94. The van der Waals surface area contributed by atoms with Crippen LogP contribution in [-0.4, -0.2) is 67.3 Å². The minimum Gasteiger partial charge on any atom is -0.497 e. The van der Waals surface area contributed by atoms with Crippen molar-refractivity contribution >= 4 is 28.9 Å². The van der Waals surface area contributed by atoms with E-state index in [1.807, 2.05) is 66.7 Å². The minimum absolute atomic E-state index is 0.130. The number of carbonyl (C=O) groups excluding carboxylic acids is 1. The highest BCUT2D eigenvalue weighted by Crippen LogP contribution is 2.28. The van der Waals surface area contributed by atoms with Gasteiger partial charge in [0.1, 0.15) is 11.5 Å². The van der Waals surface area contributed by atoms with Crippen LogP contribution in [0.15, 0.2) is 72.9 Å². The Kier molecular flexibility index (Phi) is 9.57. The molecule has 0 spiro atoms. The van der Waals surface area contributed by atoms with Crippen LogP contribution < -0.4 is 20.1 Å². The van der Waals surface area contributed by atoms with Crippen molar-refractivity contribution in [1.82, 2.24) is 20.2 Å². The highest BCUT2D eigenvalue weighted by atomic mass is 32.1. The van der Waals surface area contributed by atoms with E-state index in [9.17, 15) is 4.79 Å². The van der Waals surface area contributed by atoms with Gasteiger partial charge in [0.25, 0.3) is 5.91 Å². The molecule has 0 saturated carbocycles. The molecule has 3 heterocycles. The van der Waals surface area contributed by atoms with Gasteiger partial charge >= 0.3 is 0 Å². The molecule has 4 aromatic rings. The number of nitrogens with zero attached hydrogens (tertiary/aromatic N) is 3. The van der Waals surface area contributed by atoms with Crippen LogP contribution in [-0.2, 0) is 11.3 Å². The van der Waals surface area contributed by atoms with E-state index >= 15 is 0 Å². The van der Waals surface area contributed by atoms with Gasteiger partial charge in [-0.15, -0.1) is 11.3 Å². The lowest BCUT2D eigenvalue weighted by Crippen LogP contribution is -2.37. The van der Waals surface area contributed by atoms with Crippen LogP contribution in [0.25, 0.3) is 10.6 Å². The van der Waals surface area contributed by atoms with E-state index in [2.05, 4.69) is 25.5 Å². The number of anilines is 2. The summed E-state index contributed by atoms with van der Waals surface area (Å²) in [6.45, 7) is 5.75. The minimum atomic E-state index is -0.130. The van der Waals surface area contributed by atoms with E-state index in [1.54, 1.807) is 13.3 Å². The molecule has 10 heteroatoms. The fourth-order valence-corrected chi connectivity index (χ4v) is 5.16. The Labute approximate surface area is 238 Å². The second-order valence-corrected chi connectivity index (χ2v) is 10.4. The maximum atomic E-state index is 12.7. The maximum absolute atomic E-state index is 12.7. The molecule has 0 radical (unpaired) electrons. The Balaban J connectivity index is 1.11. The molecule has 1 saturated heterocycles. The molecule has 9 nitrogen and oxygen atoms in total. The van der Waals surface area contributed by atoms with Crippen LogP contribution in [0.3, 0.4) is 0 Å². The molecule has 2 aromatic carbocycles. The van der Waals surface area contributed by atoms with Gasteiger partial charge in [0.2, 0.25) is 5.95 Å². The largest absolute Gasteiger partial charge is 0.497 e. The summed E-state index contributed by atoms with van der Waals surface area (Å²) in [6.07, 6.45) is 2.69. The van der Waals surface area contributed by atoms with Gasteiger partial charge in [0.15, 0.2) is 0 Å². The molecule has 2 N–H and O–H groups in total. The molecule has 5 rings (SSSR count). The Hall–Kier alpha value is -3.99. The van der Waals surface area contributed by atoms with Gasteiger partial charge in [0, 0.05) is 38.1 Å². The fourth-order valence-electron chi connectivity index (χ4n) is 4.27. The molecule has 0 aliphatic carbocycles. The average molecular weight is 560 g/mol. The van der Waals surface area contributed by atoms with Gasteiger partial charge in [-0.25, -0.2) is 9.97 Å². The van der Waals surface area contributed by atoms with E-state index in [4.69, 9.17) is 14.2 Å². The summed E-state index contributed by atoms with van der Waals surface area (Å²) in [6, 6.07) is 21.0. The summed E-state index contributed by atoms with van der Waals surface area (Å²) in [7, 11) is 1.63. The maximum Gasteiger partial charge on any atom is 0.261 e. The zero-order valence-electron chi connectivity index (χ0n) is 22.5. The number of benzene rings is 2. The van der Waals surface area contributed by atoms with Gasteiger partial charge in [-0.2, -0.15) is 0 Å². The quantitative estimate of drug-likeness (QED) is 0.234. The molecule has 1 amide bonds. The summed E-state index contributed by atoms with van der Waals surface area (Å²) in [4.78, 5) is 25.6. The molecular formula is C30H33N5O4S. The second kappa shape index (κ2) is 13.9. The topological polar surface area (TPSA) is 97.8 Å². The number of rotatable bonds is 12. The first kappa shape index (κ1) is 27.6. The highest BCUT2D eigenvalue weighted by Gasteiger charge is 2.13. The fraction of sp³-hybridized carbons (Fsp3) is 0.300. The van der Waals surface area contributed by atoms with E-state index in [0.29, 0.717) is 24.0 Å². The number of amides is 1. The molecule has 0 bridgehead atoms. The van der Waals surface area contributed by atoms with Crippen molar-refractivity contribution in [3.63, 3.8) is 0 Å². The van der Waals surface area contributed by atoms with Crippen molar-refractivity contribution in [1.29, 1.82) is 0 Å². The van der Waals surface area contributed by atoms with Crippen molar-refractivity contribution in [2.45, 2.75) is 13.0 Å². The van der Waals surface area contributed by atoms with E-state index in [1.165, 1.54) is 11.3 Å². The van der Waals surface area contributed by atoms with E-state index < -0.39 is 0 Å². The number of methoxy groups -OCH3 is 1. The predicted octanol–water partition coefficient (Wildman–Crippen LogP) is 4.99. The number of hydrogen-bond acceptors (Lipinski definition) is 9. The standard InChI is InChI=1S/C30H33N5O4S/c1-37-25-5-2-4-22(20-25)21-32-29(36)28-11-10-27(40-28)26-12-13-31-30(34-26)33-23-6-8-24(9-7-23)39-17-3-14-35-15-18-38-19-16-35/h2,4-13,20H,3,14-19,21H2,1H3,(H,32,36)(H,31,33,34). The Bertz CT molecular complexity index is 1390. The number of morpholine rings is 1. The molecule has 2 aromatic heterocycles. The number of aromatic nitrogens is 2. The molecule has 1 fully saturated rings. The third-order valence-electron chi connectivity index (χ3n) is 6.43. The van der Waals surface area contributed by atoms with Crippen molar-refractivity contribution in [2.75, 3.05) is 51.9 Å². The first-order valence-electron chi connectivity index (χ1n) is 13.3. The number of nitrogens with one attached hydrogen (secondary N) is 2. The van der Waals surface area contributed by atoms with Crippen LogP contribution in [0.2, 0.25) is 0 Å². The van der Waals surface area contributed by atoms with Crippen LogP contribution >= 0.6 is 11.3 Å². The Morgan fingerprint density at radius 2 is 1.90 bits per heavy atom. The lowest BCUT2D eigenvalue weighted by atomic mass is 10.2. The predicted molar refractivity (Wildman–Crippen MR) is 157 cm³/mol. The number of hydrogen-bond donors (Lipinski definition) is 2. The van der Waals surface area contributed by atoms with E-state index in [-0.39, 0.29) is 5.91 Å². The third kappa shape index (κ3) is 7.78. The van der Waals surface area contributed by atoms with E-state index in [0.717, 1.165) is 72.6 Å². The van der Waals surface area contributed by atoms with Crippen LogP contribution in [0, 0.1) is 0 Å². The van der Waals surface area contributed by atoms with Crippen LogP contribution in [0.5, 0.6) is 11.5 Å². The van der Waals surface area contributed by atoms with Crippen molar-refractivity contribution < 1.29 is 19.0 Å². The number of carbonyl (C=O) groups is 1. The zero-order chi connectivity index (χ0) is 27.6. The molecule has 40 heavy (non-hydrogen) atoms. The molecule has 1 aliphatic rings. The molecule has 0 unspecified atom stereocenters. The monoisotopic (exact) mass is 559 g/mol. The van der Waals surface area contributed by atoms with Gasteiger partial charge in [0.05, 0.1) is 42.4 Å². The first-order chi connectivity index (χ1) is 19.7. The lowest BCUT2D eigenvalue weighted by Gasteiger charge is -2.26. The summed E-state index contributed by atoms with van der Waals surface area (Å²) < 4.78 is 16.5.